The average Bonchev–Trinajstić information content (AvgIpc) is 3.28. The van der Waals surface area contributed by atoms with Crippen LogP contribution in [0.5, 0.6) is 0 Å². The number of likely N-dealkylation sites (tertiary alicyclic amines) is 1. The lowest BCUT2D eigenvalue weighted by molar-refractivity contribution is -0.132. The number of benzene rings is 1. The highest BCUT2D eigenvalue weighted by Gasteiger charge is 2.28. The topological polar surface area (TPSA) is 63.9 Å². The third-order valence-corrected chi connectivity index (χ3v) is 5.75. The smallest absolute Gasteiger partial charge is 0.222 e. The van der Waals surface area contributed by atoms with Gasteiger partial charge in [-0.05, 0) is 24.8 Å². The Morgan fingerprint density at radius 2 is 1.90 bits per heavy atom. The third-order valence-electron chi connectivity index (χ3n) is 5.75. The summed E-state index contributed by atoms with van der Waals surface area (Å²) in [6.45, 7) is 5.78. The number of amides is 1. The van der Waals surface area contributed by atoms with Crippen molar-refractivity contribution in [1.29, 1.82) is 0 Å². The number of carbonyl (C=O) groups excluding carboxylic acids is 1. The molecule has 30 heavy (non-hydrogen) atoms. The van der Waals surface area contributed by atoms with Crippen LogP contribution in [0.3, 0.4) is 0 Å². The Bertz CT molecular complexity index is 982. The van der Waals surface area contributed by atoms with E-state index in [1.165, 1.54) is 5.56 Å². The molecule has 1 fully saturated rings. The van der Waals surface area contributed by atoms with Gasteiger partial charge in [0, 0.05) is 56.1 Å². The molecular formula is C24H29N5O. The van der Waals surface area contributed by atoms with Crippen LogP contribution >= 0.6 is 0 Å². The molecular weight excluding hydrogens is 374 g/mol. The van der Waals surface area contributed by atoms with E-state index < -0.39 is 0 Å². The number of hydrogen-bond donors (Lipinski definition) is 0. The Kier molecular flexibility index (Phi) is 6.21. The molecule has 156 valence electrons. The van der Waals surface area contributed by atoms with Crippen LogP contribution in [0, 0.1) is 0 Å². The molecule has 1 atom stereocenters. The first kappa shape index (κ1) is 20.3. The van der Waals surface area contributed by atoms with E-state index in [2.05, 4.69) is 35.9 Å². The highest BCUT2D eigenvalue weighted by molar-refractivity contribution is 5.76. The van der Waals surface area contributed by atoms with Crippen molar-refractivity contribution in [3.8, 4) is 5.82 Å². The molecule has 0 radical (unpaired) electrons. The van der Waals surface area contributed by atoms with Crippen molar-refractivity contribution in [3.05, 3.63) is 72.2 Å². The average molecular weight is 404 g/mol. The SMILES string of the molecule is CC(C)c1nccn1-c1nccnc1[C@H]1CCCN(C(=O)CCc2ccccc2)C1. The Labute approximate surface area is 178 Å². The molecule has 0 N–H and O–H groups in total. The number of imidazole rings is 1. The molecule has 0 aliphatic carbocycles. The van der Waals surface area contributed by atoms with Crippen molar-refractivity contribution in [2.75, 3.05) is 13.1 Å². The van der Waals surface area contributed by atoms with Gasteiger partial charge in [0.05, 0.1) is 5.69 Å². The quantitative estimate of drug-likeness (QED) is 0.621. The number of aromatic nitrogens is 4. The van der Waals surface area contributed by atoms with Gasteiger partial charge in [0.15, 0.2) is 5.82 Å². The summed E-state index contributed by atoms with van der Waals surface area (Å²) in [4.78, 5) is 28.7. The molecule has 1 saturated heterocycles. The normalized spacial score (nSPS) is 16.8. The van der Waals surface area contributed by atoms with E-state index in [0.29, 0.717) is 13.0 Å². The van der Waals surface area contributed by atoms with Gasteiger partial charge in [-0.3, -0.25) is 14.3 Å². The molecule has 0 unspecified atom stereocenters. The monoisotopic (exact) mass is 403 g/mol. The molecule has 1 aliphatic heterocycles. The molecule has 3 heterocycles. The summed E-state index contributed by atoms with van der Waals surface area (Å²) in [7, 11) is 0. The van der Waals surface area contributed by atoms with E-state index in [9.17, 15) is 4.79 Å². The van der Waals surface area contributed by atoms with E-state index in [1.807, 2.05) is 40.1 Å². The molecule has 3 aromatic rings. The van der Waals surface area contributed by atoms with Crippen LogP contribution in [-0.2, 0) is 11.2 Å². The van der Waals surface area contributed by atoms with Crippen molar-refractivity contribution in [2.45, 2.75) is 51.4 Å². The molecule has 6 heteroatoms. The lowest BCUT2D eigenvalue weighted by Crippen LogP contribution is -2.39. The highest BCUT2D eigenvalue weighted by Crippen LogP contribution is 2.30. The van der Waals surface area contributed by atoms with Gasteiger partial charge in [0.2, 0.25) is 5.91 Å². The molecule has 2 aromatic heterocycles. The molecule has 4 rings (SSSR count). The van der Waals surface area contributed by atoms with E-state index in [1.54, 1.807) is 12.4 Å². The second-order valence-electron chi connectivity index (χ2n) is 8.24. The maximum Gasteiger partial charge on any atom is 0.222 e. The first-order chi connectivity index (χ1) is 14.6. The zero-order valence-corrected chi connectivity index (χ0v) is 17.7. The van der Waals surface area contributed by atoms with Crippen LogP contribution in [0.25, 0.3) is 5.82 Å². The Balaban J connectivity index is 1.50. The van der Waals surface area contributed by atoms with Crippen molar-refractivity contribution >= 4 is 5.91 Å². The van der Waals surface area contributed by atoms with Crippen molar-refractivity contribution in [1.82, 2.24) is 24.4 Å². The van der Waals surface area contributed by atoms with Crippen LogP contribution in [-0.4, -0.2) is 43.4 Å². The largest absolute Gasteiger partial charge is 0.342 e. The Morgan fingerprint density at radius 1 is 1.10 bits per heavy atom. The fraction of sp³-hybridized carbons (Fsp3) is 0.417. The molecule has 6 nitrogen and oxygen atoms in total. The summed E-state index contributed by atoms with van der Waals surface area (Å²) in [5, 5.41) is 0. The number of hydrogen-bond acceptors (Lipinski definition) is 4. The van der Waals surface area contributed by atoms with Crippen molar-refractivity contribution < 1.29 is 4.79 Å². The van der Waals surface area contributed by atoms with Crippen LogP contribution in [0.2, 0.25) is 0 Å². The standard InChI is InChI=1S/C24H29N5O/c1-18(2)23-27-14-16-29(23)24-22(25-12-13-26-24)20-9-6-15-28(17-20)21(30)11-10-19-7-4-3-5-8-19/h3-5,7-8,12-14,16,18,20H,6,9-11,15,17H2,1-2H3/t20-/m0/s1. The lowest BCUT2D eigenvalue weighted by Gasteiger charge is -2.33. The molecule has 1 amide bonds. The van der Waals surface area contributed by atoms with Gasteiger partial charge in [-0.1, -0.05) is 44.2 Å². The zero-order valence-electron chi connectivity index (χ0n) is 17.7. The van der Waals surface area contributed by atoms with Gasteiger partial charge in [0.1, 0.15) is 5.82 Å². The third kappa shape index (κ3) is 4.42. The van der Waals surface area contributed by atoms with Gasteiger partial charge < -0.3 is 4.90 Å². The van der Waals surface area contributed by atoms with Crippen LogP contribution in [0.1, 0.15) is 62.0 Å². The number of piperidine rings is 1. The second kappa shape index (κ2) is 9.20. The second-order valence-corrected chi connectivity index (χ2v) is 8.24. The molecule has 0 spiro atoms. The first-order valence-electron chi connectivity index (χ1n) is 10.8. The summed E-state index contributed by atoms with van der Waals surface area (Å²) in [5.74, 6) is 2.51. The van der Waals surface area contributed by atoms with Gasteiger partial charge in [0.25, 0.3) is 0 Å². The van der Waals surface area contributed by atoms with Crippen LogP contribution in [0.4, 0.5) is 0 Å². The summed E-state index contributed by atoms with van der Waals surface area (Å²) < 4.78 is 2.04. The predicted molar refractivity (Wildman–Crippen MR) is 117 cm³/mol. The van der Waals surface area contributed by atoms with E-state index in [4.69, 9.17) is 4.98 Å². The van der Waals surface area contributed by atoms with Gasteiger partial charge >= 0.3 is 0 Å². The fourth-order valence-corrected chi connectivity index (χ4v) is 4.22. The first-order valence-corrected chi connectivity index (χ1v) is 10.8. The van der Waals surface area contributed by atoms with E-state index in [-0.39, 0.29) is 17.7 Å². The Morgan fingerprint density at radius 3 is 2.70 bits per heavy atom. The highest BCUT2D eigenvalue weighted by atomic mass is 16.2. The molecule has 1 aromatic carbocycles. The van der Waals surface area contributed by atoms with Gasteiger partial charge in [-0.2, -0.15) is 0 Å². The summed E-state index contributed by atoms with van der Waals surface area (Å²) in [6, 6.07) is 10.2. The maximum atomic E-state index is 12.9. The number of carbonyl (C=O) groups is 1. The molecule has 0 bridgehead atoms. The van der Waals surface area contributed by atoms with Gasteiger partial charge in [-0.15, -0.1) is 0 Å². The van der Waals surface area contributed by atoms with E-state index in [0.717, 1.165) is 43.1 Å². The minimum Gasteiger partial charge on any atom is -0.342 e. The minimum atomic E-state index is 0.186. The fourth-order valence-electron chi connectivity index (χ4n) is 4.22. The number of rotatable bonds is 6. The predicted octanol–water partition coefficient (Wildman–Crippen LogP) is 4.12. The summed E-state index contributed by atoms with van der Waals surface area (Å²) >= 11 is 0. The Hall–Kier alpha value is -3.02. The van der Waals surface area contributed by atoms with Crippen molar-refractivity contribution in [2.24, 2.45) is 0 Å². The molecule has 0 saturated carbocycles. The summed E-state index contributed by atoms with van der Waals surface area (Å²) in [6.07, 6.45) is 10.6. The maximum absolute atomic E-state index is 12.9. The van der Waals surface area contributed by atoms with Crippen molar-refractivity contribution in [3.63, 3.8) is 0 Å². The van der Waals surface area contributed by atoms with Gasteiger partial charge in [-0.25, -0.2) is 9.97 Å². The van der Waals surface area contributed by atoms with Crippen LogP contribution < -0.4 is 0 Å². The van der Waals surface area contributed by atoms with E-state index >= 15 is 0 Å². The number of nitrogens with zero attached hydrogens (tertiary/aromatic N) is 5. The number of aryl methyl sites for hydroxylation is 1. The zero-order chi connectivity index (χ0) is 20.9. The van der Waals surface area contributed by atoms with Crippen LogP contribution in [0.15, 0.2) is 55.1 Å². The summed E-state index contributed by atoms with van der Waals surface area (Å²) in [5.41, 5.74) is 2.16. The lowest BCUT2D eigenvalue weighted by atomic mass is 9.93. The molecule has 1 aliphatic rings. The minimum absolute atomic E-state index is 0.186.